The highest BCUT2D eigenvalue weighted by molar-refractivity contribution is 9.10. The second kappa shape index (κ2) is 5.02. The molecule has 0 amide bonds. The van der Waals surface area contributed by atoms with Gasteiger partial charge in [0.1, 0.15) is 11.4 Å². The van der Waals surface area contributed by atoms with Gasteiger partial charge in [-0.25, -0.2) is 0 Å². The normalized spacial score (nSPS) is 10.9. The fourth-order valence-corrected chi connectivity index (χ4v) is 2.79. The maximum Gasteiger partial charge on any atom is 0.222 e. The standard InChI is InChI=1S/C13H15BrN2O2/c1-7(2)13-9(14)4-8(5-11(13)17-3)10-6-12(15)18-16-10/h4-7H,15H2,1-3H3. The average molecular weight is 311 g/mol. The van der Waals surface area contributed by atoms with Crippen molar-refractivity contribution in [2.45, 2.75) is 19.8 Å². The second-order valence-electron chi connectivity index (χ2n) is 4.34. The van der Waals surface area contributed by atoms with E-state index in [4.69, 9.17) is 15.0 Å². The minimum absolute atomic E-state index is 0.299. The lowest BCUT2D eigenvalue weighted by atomic mass is 9.99. The van der Waals surface area contributed by atoms with Crippen molar-refractivity contribution in [3.63, 3.8) is 0 Å². The zero-order valence-corrected chi connectivity index (χ0v) is 12.1. The van der Waals surface area contributed by atoms with Crippen LogP contribution in [0.5, 0.6) is 5.75 Å². The lowest BCUT2D eigenvalue weighted by Crippen LogP contribution is -1.96. The lowest BCUT2D eigenvalue weighted by molar-refractivity contribution is 0.407. The number of ether oxygens (including phenoxy) is 1. The first-order valence-corrected chi connectivity index (χ1v) is 6.42. The van der Waals surface area contributed by atoms with Crippen LogP contribution in [0, 0.1) is 0 Å². The molecule has 0 saturated carbocycles. The number of nitrogen functional groups attached to an aromatic ring is 1. The van der Waals surface area contributed by atoms with Crippen molar-refractivity contribution in [3.8, 4) is 17.0 Å². The fraction of sp³-hybridized carbons (Fsp3) is 0.308. The highest BCUT2D eigenvalue weighted by Crippen LogP contribution is 2.37. The van der Waals surface area contributed by atoms with Crippen LogP contribution >= 0.6 is 15.9 Å². The van der Waals surface area contributed by atoms with Gasteiger partial charge in [-0.15, -0.1) is 0 Å². The van der Waals surface area contributed by atoms with E-state index in [1.165, 1.54) is 0 Å². The Labute approximate surface area is 114 Å². The number of rotatable bonds is 3. The lowest BCUT2D eigenvalue weighted by Gasteiger charge is -2.15. The zero-order chi connectivity index (χ0) is 13.3. The molecule has 0 aliphatic rings. The van der Waals surface area contributed by atoms with Gasteiger partial charge in [-0.2, -0.15) is 0 Å². The molecular formula is C13H15BrN2O2. The highest BCUT2D eigenvalue weighted by Gasteiger charge is 2.15. The van der Waals surface area contributed by atoms with E-state index in [-0.39, 0.29) is 0 Å². The second-order valence-corrected chi connectivity index (χ2v) is 5.20. The number of hydrogen-bond acceptors (Lipinski definition) is 4. The summed E-state index contributed by atoms with van der Waals surface area (Å²) in [4.78, 5) is 0. The van der Waals surface area contributed by atoms with Crippen molar-refractivity contribution in [2.24, 2.45) is 0 Å². The molecule has 4 nitrogen and oxygen atoms in total. The Morgan fingerprint density at radius 2 is 2.06 bits per heavy atom. The van der Waals surface area contributed by atoms with Gasteiger partial charge in [-0.3, -0.25) is 0 Å². The van der Waals surface area contributed by atoms with Crippen LogP contribution in [0.1, 0.15) is 25.3 Å². The third kappa shape index (κ3) is 2.36. The molecule has 0 spiro atoms. The van der Waals surface area contributed by atoms with E-state index >= 15 is 0 Å². The first-order chi connectivity index (χ1) is 8.52. The van der Waals surface area contributed by atoms with E-state index in [0.717, 1.165) is 21.3 Å². The minimum Gasteiger partial charge on any atom is -0.496 e. The summed E-state index contributed by atoms with van der Waals surface area (Å²) in [5.41, 5.74) is 8.27. The van der Waals surface area contributed by atoms with Crippen LogP contribution < -0.4 is 10.5 Å². The summed E-state index contributed by atoms with van der Waals surface area (Å²) in [6, 6.07) is 5.63. The Balaban J connectivity index is 2.55. The van der Waals surface area contributed by atoms with Gasteiger partial charge < -0.3 is 15.0 Å². The Kier molecular flexibility index (Phi) is 3.61. The van der Waals surface area contributed by atoms with Crippen molar-refractivity contribution in [3.05, 3.63) is 28.2 Å². The minimum atomic E-state index is 0.299. The number of nitrogens with zero attached hydrogens (tertiary/aromatic N) is 1. The summed E-state index contributed by atoms with van der Waals surface area (Å²) in [7, 11) is 1.66. The molecule has 2 rings (SSSR count). The Hall–Kier alpha value is -1.49. The number of methoxy groups -OCH3 is 1. The van der Waals surface area contributed by atoms with Crippen molar-refractivity contribution < 1.29 is 9.26 Å². The topological polar surface area (TPSA) is 61.3 Å². The van der Waals surface area contributed by atoms with Gasteiger partial charge >= 0.3 is 0 Å². The van der Waals surface area contributed by atoms with E-state index < -0.39 is 0 Å². The SMILES string of the molecule is COc1cc(-c2cc(N)on2)cc(Br)c1C(C)C. The summed E-state index contributed by atoms with van der Waals surface area (Å²) in [5.74, 6) is 1.50. The molecule has 0 fully saturated rings. The molecule has 18 heavy (non-hydrogen) atoms. The number of aromatic nitrogens is 1. The molecule has 0 aliphatic carbocycles. The van der Waals surface area contributed by atoms with Gasteiger partial charge in [0.15, 0.2) is 0 Å². The number of anilines is 1. The number of nitrogens with two attached hydrogens (primary N) is 1. The van der Waals surface area contributed by atoms with Crippen molar-refractivity contribution in [1.29, 1.82) is 0 Å². The molecule has 5 heteroatoms. The zero-order valence-electron chi connectivity index (χ0n) is 10.5. The van der Waals surface area contributed by atoms with Crippen molar-refractivity contribution in [1.82, 2.24) is 5.16 Å². The van der Waals surface area contributed by atoms with Gasteiger partial charge in [0.25, 0.3) is 0 Å². The molecule has 1 heterocycles. The molecule has 0 aliphatic heterocycles. The van der Waals surface area contributed by atoms with Gasteiger partial charge in [-0.1, -0.05) is 34.9 Å². The van der Waals surface area contributed by atoms with E-state index in [0.29, 0.717) is 17.5 Å². The number of halogens is 1. The van der Waals surface area contributed by atoms with Gasteiger partial charge in [0.05, 0.1) is 7.11 Å². The summed E-state index contributed by atoms with van der Waals surface area (Å²) < 4.78 is 11.3. The molecule has 0 atom stereocenters. The van der Waals surface area contributed by atoms with Gasteiger partial charge in [-0.05, 0) is 18.1 Å². The predicted molar refractivity (Wildman–Crippen MR) is 74.7 cm³/mol. The maximum atomic E-state index is 5.53. The first kappa shape index (κ1) is 13.0. The fourth-order valence-electron chi connectivity index (χ4n) is 1.90. The molecule has 1 aromatic heterocycles. The predicted octanol–water partition coefficient (Wildman–Crippen LogP) is 3.82. The van der Waals surface area contributed by atoms with Crippen LogP contribution in [0.2, 0.25) is 0 Å². The van der Waals surface area contributed by atoms with Crippen LogP contribution in [-0.2, 0) is 0 Å². The molecule has 2 aromatic rings. The summed E-state index contributed by atoms with van der Waals surface area (Å²) in [5, 5.41) is 3.90. The van der Waals surface area contributed by atoms with Crippen molar-refractivity contribution in [2.75, 3.05) is 12.8 Å². The van der Waals surface area contributed by atoms with Crippen LogP contribution in [0.25, 0.3) is 11.3 Å². The average Bonchev–Trinajstić information content (AvgIpc) is 2.74. The monoisotopic (exact) mass is 310 g/mol. The largest absolute Gasteiger partial charge is 0.496 e. The molecule has 0 bridgehead atoms. The quantitative estimate of drug-likeness (QED) is 0.936. The molecular weight excluding hydrogens is 296 g/mol. The van der Waals surface area contributed by atoms with Gasteiger partial charge in [0, 0.05) is 21.7 Å². The molecule has 96 valence electrons. The Morgan fingerprint density at radius 1 is 1.33 bits per heavy atom. The van der Waals surface area contributed by atoms with Crippen LogP contribution in [0.15, 0.2) is 27.2 Å². The van der Waals surface area contributed by atoms with E-state index in [1.54, 1.807) is 13.2 Å². The third-order valence-corrected chi connectivity index (χ3v) is 3.37. The van der Waals surface area contributed by atoms with E-state index in [2.05, 4.69) is 34.9 Å². The summed E-state index contributed by atoms with van der Waals surface area (Å²) >= 11 is 3.57. The summed E-state index contributed by atoms with van der Waals surface area (Å²) in [6.45, 7) is 4.24. The third-order valence-electron chi connectivity index (χ3n) is 2.71. The van der Waals surface area contributed by atoms with Crippen LogP contribution in [-0.4, -0.2) is 12.3 Å². The number of hydrogen-bond donors (Lipinski definition) is 1. The Morgan fingerprint density at radius 3 is 2.56 bits per heavy atom. The molecule has 1 aromatic carbocycles. The van der Waals surface area contributed by atoms with Crippen LogP contribution in [0.3, 0.4) is 0 Å². The molecule has 0 unspecified atom stereocenters. The molecule has 0 radical (unpaired) electrons. The van der Waals surface area contributed by atoms with E-state index in [1.807, 2.05) is 12.1 Å². The highest BCUT2D eigenvalue weighted by atomic mass is 79.9. The van der Waals surface area contributed by atoms with Crippen molar-refractivity contribution >= 4 is 21.8 Å². The first-order valence-electron chi connectivity index (χ1n) is 5.63. The maximum absolute atomic E-state index is 5.53. The molecule has 2 N–H and O–H groups in total. The van der Waals surface area contributed by atoms with Gasteiger partial charge in [0.2, 0.25) is 5.88 Å². The molecule has 0 saturated heterocycles. The Bertz CT molecular complexity index is 564. The smallest absolute Gasteiger partial charge is 0.222 e. The number of benzene rings is 1. The van der Waals surface area contributed by atoms with Crippen LogP contribution in [0.4, 0.5) is 5.88 Å². The van der Waals surface area contributed by atoms with E-state index in [9.17, 15) is 0 Å². The summed E-state index contributed by atoms with van der Waals surface area (Å²) in [6.07, 6.45) is 0.